The molecule has 12 heavy (non-hydrogen) atoms. The molecule has 0 saturated carbocycles. The summed E-state index contributed by atoms with van der Waals surface area (Å²) in [5.74, 6) is 0. The highest BCUT2D eigenvalue weighted by Crippen LogP contribution is 2.08. The summed E-state index contributed by atoms with van der Waals surface area (Å²) >= 11 is 0. The summed E-state index contributed by atoms with van der Waals surface area (Å²) in [4.78, 5) is -0.252. The van der Waals surface area contributed by atoms with Gasteiger partial charge in [-0.2, -0.15) is 0 Å². The molecule has 0 aliphatic heterocycles. The first-order valence-electron chi connectivity index (χ1n) is 3.31. The molecule has 0 spiro atoms. The van der Waals surface area contributed by atoms with E-state index < -0.39 is 10.1 Å². The summed E-state index contributed by atoms with van der Waals surface area (Å²) in [6.07, 6.45) is 3.75. The Hall–Kier alpha value is -0.870. The van der Waals surface area contributed by atoms with Crippen molar-refractivity contribution in [2.45, 2.75) is 13.8 Å². The van der Waals surface area contributed by atoms with E-state index in [-0.39, 0.29) is 4.91 Å². The molecular formula is C8H11O3S-. The van der Waals surface area contributed by atoms with E-state index in [4.69, 9.17) is 0 Å². The predicted molar refractivity (Wildman–Crippen MR) is 47.4 cm³/mol. The summed E-state index contributed by atoms with van der Waals surface area (Å²) in [6, 6.07) is 0. The lowest BCUT2D eigenvalue weighted by Gasteiger charge is -2.07. The molecular weight excluding hydrogens is 176 g/mol. The fraction of sp³-hybridized carbons (Fsp3) is 0.250. The lowest BCUT2D eigenvalue weighted by Crippen LogP contribution is -1.99. The maximum atomic E-state index is 10.5. The lowest BCUT2D eigenvalue weighted by atomic mass is 10.3. The van der Waals surface area contributed by atoms with Crippen molar-refractivity contribution in [2.24, 2.45) is 0 Å². The Morgan fingerprint density at radius 2 is 1.92 bits per heavy atom. The standard InChI is InChI=1S/C8H12O3S/c1-4-5-8(6-7(2)3)12(9,10)11/h4-6H,1H2,2-3H3,(H,9,10,11)/p-1/b8-5+. The molecule has 0 unspecified atom stereocenters. The molecule has 0 bridgehead atoms. The molecule has 0 aromatic carbocycles. The molecule has 0 aliphatic rings. The van der Waals surface area contributed by atoms with Crippen molar-refractivity contribution < 1.29 is 13.0 Å². The van der Waals surface area contributed by atoms with Crippen LogP contribution in [0.4, 0.5) is 0 Å². The van der Waals surface area contributed by atoms with Crippen molar-refractivity contribution in [2.75, 3.05) is 0 Å². The normalized spacial score (nSPS) is 12.4. The van der Waals surface area contributed by atoms with Gasteiger partial charge in [0.05, 0.1) is 4.91 Å². The van der Waals surface area contributed by atoms with E-state index in [1.165, 1.54) is 18.2 Å². The van der Waals surface area contributed by atoms with E-state index in [2.05, 4.69) is 6.58 Å². The number of rotatable bonds is 3. The zero-order valence-electron chi connectivity index (χ0n) is 7.07. The van der Waals surface area contributed by atoms with Crippen LogP contribution in [0.2, 0.25) is 0 Å². The average Bonchev–Trinajstić information content (AvgIpc) is 1.83. The Morgan fingerprint density at radius 1 is 1.42 bits per heavy atom. The molecule has 0 aliphatic carbocycles. The molecule has 0 aromatic rings. The van der Waals surface area contributed by atoms with Gasteiger partial charge in [-0.25, -0.2) is 8.42 Å². The van der Waals surface area contributed by atoms with Crippen molar-refractivity contribution >= 4 is 10.1 Å². The van der Waals surface area contributed by atoms with Crippen molar-refractivity contribution in [1.29, 1.82) is 0 Å². The van der Waals surface area contributed by atoms with E-state index in [1.54, 1.807) is 13.8 Å². The topological polar surface area (TPSA) is 57.2 Å². The molecule has 0 rings (SSSR count). The lowest BCUT2D eigenvalue weighted by molar-refractivity contribution is 0.471. The minimum Gasteiger partial charge on any atom is -0.744 e. The fourth-order valence-electron chi connectivity index (χ4n) is 0.604. The van der Waals surface area contributed by atoms with Crippen molar-refractivity contribution in [3.05, 3.63) is 35.3 Å². The van der Waals surface area contributed by atoms with Crippen LogP contribution in [0.1, 0.15) is 13.8 Å². The van der Waals surface area contributed by atoms with Gasteiger partial charge in [0.25, 0.3) is 0 Å². The van der Waals surface area contributed by atoms with Crippen LogP contribution in [0.25, 0.3) is 0 Å². The molecule has 0 saturated heterocycles. The summed E-state index contributed by atoms with van der Waals surface area (Å²) in [5.41, 5.74) is 0.752. The van der Waals surface area contributed by atoms with Crippen molar-refractivity contribution in [3.8, 4) is 0 Å². The SMILES string of the molecule is C=C/C=C(\C=C(C)C)S(=O)(=O)[O-]. The Kier molecular flexibility index (Phi) is 3.92. The van der Waals surface area contributed by atoms with E-state index >= 15 is 0 Å². The smallest absolute Gasteiger partial charge is 0.124 e. The van der Waals surface area contributed by atoms with Crippen LogP contribution < -0.4 is 0 Å². The minimum atomic E-state index is -4.36. The van der Waals surface area contributed by atoms with Crippen LogP contribution >= 0.6 is 0 Å². The largest absolute Gasteiger partial charge is 0.744 e. The maximum Gasteiger partial charge on any atom is 0.124 e. The van der Waals surface area contributed by atoms with Gasteiger partial charge in [0.2, 0.25) is 0 Å². The zero-order valence-corrected chi connectivity index (χ0v) is 7.89. The molecule has 68 valence electrons. The van der Waals surface area contributed by atoms with Gasteiger partial charge in [0.15, 0.2) is 0 Å². The van der Waals surface area contributed by atoms with E-state index in [0.29, 0.717) is 0 Å². The Balaban J connectivity index is 5.11. The molecule has 0 radical (unpaired) electrons. The van der Waals surface area contributed by atoms with E-state index in [1.807, 2.05) is 0 Å². The second kappa shape index (κ2) is 4.23. The number of allylic oxidation sites excluding steroid dienone is 4. The van der Waals surface area contributed by atoms with Gasteiger partial charge in [-0.05, 0) is 26.0 Å². The molecule has 0 aromatic heterocycles. The first-order valence-corrected chi connectivity index (χ1v) is 4.72. The molecule has 3 nitrogen and oxygen atoms in total. The second-order valence-corrected chi connectivity index (χ2v) is 3.86. The molecule has 0 heterocycles. The van der Waals surface area contributed by atoms with Gasteiger partial charge in [-0.1, -0.05) is 18.2 Å². The molecule has 0 amide bonds. The number of hydrogen-bond acceptors (Lipinski definition) is 3. The predicted octanol–water partition coefficient (Wildman–Crippen LogP) is 1.57. The van der Waals surface area contributed by atoms with Crippen LogP contribution in [0, 0.1) is 0 Å². The van der Waals surface area contributed by atoms with Crippen LogP contribution in [0.5, 0.6) is 0 Å². The van der Waals surface area contributed by atoms with E-state index in [9.17, 15) is 13.0 Å². The monoisotopic (exact) mass is 187 g/mol. The van der Waals surface area contributed by atoms with E-state index in [0.717, 1.165) is 5.57 Å². The Bertz CT molecular complexity index is 316. The van der Waals surface area contributed by atoms with Crippen LogP contribution in [-0.4, -0.2) is 13.0 Å². The highest BCUT2D eigenvalue weighted by molar-refractivity contribution is 7.89. The quantitative estimate of drug-likeness (QED) is 0.497. The van der Waals surface area contributed by atoms with Gasteiger partial charge in [0, 0.05) is 0 Å². The zero-order chi connectivity index (χ0) is 9.78. The summed E-state index contributed by atoms with van der Waals surface area (Å²) < 4.78 is 31.6. The maximum absolute atomic E-state index is 10.5. The first kappa shape index (κ1) is 11.1. The highest BCUT2D eigenvalue weighted by Gasteiger charge is 1.99. The summed E-state index contributed by atoms with van der Waals surface area (Å²) in [5, 5.41) is 0. The van der Waals surface area contributed by atoms with Gasteiger partial charge in [-0.15, -0.1) is 0 Å². The minimum absolute atomic E-state index is 0.252. The molecule has 0 atom stereocenters. The van der Waals surface area contributed by atoms with Gasteiger partial charge < -0.3 is 4.55 Å². The van der Waals surface area contributed by atoms with Gasteiger partial charge in [0.1, 0.15) is 10.1 Å². The summed E-state index contributed by atoms with van der Waals surface area (Å²) in [7, 11) is -4.36. The first-order chi connectivity index (χ1) is 5.38. The third-order valence-electron chi connectivity index (χ3n) is 1.00. The van der Waals surface area contributed by atoms with Crippen LogP contribution in [0.3, 0.4) is 0 Å². The highest BCUT2D eigenvalue weighted by atomic mass is 32.2. The Labute approximate surface area is 72.9 Å². The van der Waals surface area contributed by atoms with Gasteiger partial charge in [-0.3, -0.25) is 0 Å². The third-order valence-corrected chi connectivity index (χ3v) is 1.83. The third kappa shape index (κ3) is 4.10. The van der Waals surface area contributed by atoms with Crippen LogP contribution in [-0.2, 0) is 10.1 Å². The van der Waals surface area contributed by atoms with Crippen LogP contribution in [0.15, 0.2) is 35.3 Å². The fourth-order valence-corrected chi connectivity index (χ4v) is 1.25. The molecule has 0 N–H and O–H groups in total. The average molecular weight is 187 g/mol. The second-order valence-electron chi connectivity index (χ2n) is 2.48. The van der Waals surface area contributed by atoms with Crippen molar-refractivity contribution in [1.82, 2.24) is 0 Å². The molecule has 4 heteroatoms. The Morgan fingerprint density at radius 3 is 2.17 bits per heavy atom. The van der Waals surface area contributed by atoms with Crippen molar-refractivity contribution in [3.63, 3.8) is 0 Å². The molecule has 0 fully saturated rings. The number of hydrogen-bond donors (Lipinski definition) is 0. The summed E-state index contributed by atoms with van der Waals surface area (Å²) in [6.45, 7) is 6.73. The van der Waals surface area contributed by atoms with Gasteiger partial charge >= 0.3 is 0 Å².